The molecule has 0 aliphatic carbocycles. The highest BCUT2D eigenvalue weighted by molar-refractivity contribution is 4.73. The standard InChI is InChI=1S/C9H20O2/c1-8(2)7-9(3,11)5-4-6-10/h8,10-11H,4-7H2,1-3H3. The predicted octanol–water partition coefficient (Wildman–Crippen LogP) is 1.56. The number of aliphatic hydroxyl groups is 2. The molecule has 2 nitrogen and oxygen atoms in total. The van der Waals surface area contributed by atoms with E-state index in [2.05, 4.69) is 13.8 Å². The van der Waals surface area contributed by atoms with Crippen molar-refractivity contribution < 1.29 is 10.2 Å². The summed E-state index contributed by atoms with van der Waals surface area (Å²) in [4.78, 5) is 0. The van der Waals surface area contributed by atoms with Crippen molar-refractivity contribution in [2.24, 2.45) is 5.92 Å². The minimum Gasteiger partial charge on any atom is -0.396 e. The highest BCUT2D eigenvalue weighted by Gasteiger charge is 2.20. The molecular formula is C9H20O2. The van der Waals surface area contributed by atoms with Gasteiger partial charge in [0.2, 0.25) is 0 Å². The maximum Gasteiger partial charge on any atom is 0.0623 e. The Morgan fingerprint density at radius 2 is 1.91 bits per heavy atom. The van der Waals surface area contributed by atoms with E-state index in [0.717, 1.165) is 6.42 Å². The Balaban J connectivity index is 3.61. The molecule has 0 rings (SSSR count). The van der Waals surface area contributed by atoms with Crippen molar-refractivity contribution in [3.8, 4) is 0 Å². The van der Waals surface area contributed by atoms with Crippen LogP contribution in [-0.2, 0) is 0 Å². The van der Waals surface area contributed by atoms with Crippen LogP contribution in [0.25, 0.3) is 0 Å². The van der Waals surface area contributed by atoms with Gasteiger partial charge in [-0.15, -0.1) is 0 Å². The van der Waals surface area contributed by atoms with Crippen molar-refractivity contribution in [1.82, 2.24) is 0 Å². The van der Waals surface area contributed by atoms with Crippen LogP contribution in [0.1, 0.15) is 40.0 Å². The van der Waals surface area contributed by atoms with E-state index in [0.29, 0.717) is 18.8 Å². The van der Waals surface area contributed by atoms with Crippen LogP contribution in [-0.4, -0.2) is 22.4 Å². The zero-order valence-electron chi connectivity index (χ0n) is 7.80. The van der Waals surface area contributed by atoms with Crippen molar-refractivity contribution in [3.63, 3.8) is 0 Å². The maximum absolute atomic E-state index is 9.70. The first-order chi connectivity index (χ1) is 4.98. The molecule has 2 N–H and O–H groups in total. The monoisotopic (exact) mass is 160 g/mol. The Bertz CT molecular complexity index is 97.7. The molecule has 0 saturated heterocycles. The lowest BCUT2D eigenvalue weighted by atomic mass is 9.90. The summed E-state index contributed by atoms with van der Waals surface area (Å²) < 4.78 is 0. The topological polar surface area (TPSA) is 40.5 Å². The van der Waals surface area contributed by atoms with Gasteiger partial charge in [0.05, 0.1) is 5.60 Å². The fourth-order valence-corrected chi connectivity index (χ4v) is 1.44. The zero-order valence-corrected chi connectivity index (χ0v) is 7.80. The van der Waals surface area contributed by atoms with E-state index in [-0.39, 0.29) is 6.61 Å². The van der Waals surface area contributed by atoms with Gasteiger partial charge in [-0.25, -0.2) is 0 Å². The van der Waals surface area contributed by atoms with Crippen molar-refractivity contribution >= 4 is 0 Å². The van der Waals surface area contributed by atoms with Gasteiger partial charge in [-0.3, -0.25) is 0 Å². The lowest BCUT2D eigenvalue weighted by Gasteiger charge is -2.24. The molecular weight excluding hydrogens is 140 g/mol. The van der Waals surface area contributed by atoms with Crippen LogP contribution in [0.15, 0.2) is 0 Å². The number of hydrogen-bond acceptors (Lipinski definition) is 2. The van der Waals surface area contributed by atoms with Gasteiger partial charge in [-0.05, 0) is 32.1 Å². The summed E-state index contributed by atoms with van der Waals surface area (Å²) in [5.74, 6) is 0.517. The van der Waals surface area contributed by atoms with Crippen molar-refractivity contribution in [1.29, 1.82) is 0 Å². The molecule has 0 spiro atoms. The minimum atomic E-state index is -0.586. The van der Waals surface area contributed by atoms with Crippen LogP contribution >= 0.6 is 0 Å². The lowest BCUT2D eigenvalue weighted by Crippen LogP contribution is -2.26. The summed E-state index contributed by atoms with van der Waals surface area (Å²) in [6.45, 7) is 6.19. The third-order valence-corrected chi connectivity index (χ3v) is 1.72. The van der Waals surface area contributed by atoms with Crippen LogP contribution in [0, 0.1) is 5.92 Å². The summed E-state index contributed by atoms with van der Waals surface area (Å²) in [6, 6.07) is 0. The van der Waals surface area contributed by atoms with Crippen molar-refractivity contribution in [3.05, 3.63) is 0 Å². The van der Waals surface area contributed by atoms with Gasteiger partial charge >= 0.3 is 0 Å². The Kier molecular flexibility index (Phi) is 4.69. The first-order valence-corrected chi connectivity index (χ1v) is 4.31. The molecule has 0 aliphatic rings. The van der Waals surface area contributed by atoms with E-state index < -0.39 is 5.60 Å². The third kappa shape index (κ3) is 6.32. The van der Waals surface area contributed by atoms with E-state index in [1.165, 1.54) is 0 Å². The third-order valence-electron chi connectivity index (χ3n) is 1.72. The molecule has 0 amide bonds. The summed E-state index contributed by atoms with van der Waals surface area (Å²) in [5.41, 5.74) is -0.586. The van der Waals surface area contributed by atoms with Gasteiger partial charge in [0.25, 0.3) is 0 Å². The average molecular weight is 160 g/mol. The SMILES string of the molecule is CC(C)CC(C)(O)CCCO. The van der Waals surface area contributed by atoms with Crippen LogP contribution in [0.2, 0.25) is 0 Å². The molecule has 68 valence electrons. The molecule has 0 fully saturated rings. The number of hydrogen-bond donors (Lipinski definition) is 2. The van der Waals surface area contributed by atoms with Crippen LogP contribution in [0.4, 0.5) is 0 Å². The molecule has 0 aromatic carbocycles. The van der Waals surface area contributed by atoms with E-state index >= 15 is 0 Å². The highest BCUT2D eigenvalue weighted by Crippen LogP contribution is 2.20. The van der Waals surface area contributed by atoms with Gasteiger partial charge < -0.3 is 10.2 Å². The quantitative estimate of drug-likeness (QED) is 0.640. The summed E-state index contributed by atoms with van der Waals surface area (Å²) in [5, 5.41) is 18.3. The average Bonchev–Trinajstić information content (AvgIpc) is 1.81. The molecule has 1 unspecified atom stereocenters. The largest absolute Gasteiger partial charge is 0.396 e. The molecule has 0 saturated carbocycles. The Hall–Kier alpha value is -0.0800. The molecule has 0 radical (unpaired) electrons. The molecule has 0 aromatic heterocycles. The van der Waals surface area contributed by atoms with E-state index in [9.17, 15) is 5.11 Å². The number of rotatable bonds is 5. The van der Waals surface area contributed by atoms with Gasteiger partial charge in [-0.1, -0.05) is 13.8 Å². The van der Waals surface area contributed by atoms with Gasteiger partial charge in [-0.2, -0.15) is 0 Å². The molecule has 1 atom stereocenters. The molecule has 0 bridgehead atoms. The summed E-state index contributed by atoms with van der Waals surface area (Å²) in [7, 11) is 0. The van der Waals surface area contributed by atoms with Crippen LogP contribution in [0.3, 0.4) is 0 Å². The smallest absolute Gasteiger partial charge is 0.0623 e. The second-order valence-corrected chi connectivity index (χ2v) is 3.92. The van der Waals surface area contributed by atoms with Crippen LogP contribution < -0.4 is 0 Å². The maximum atomic E-state index is 9.70. The zero-order chi connectivity index (χ0) is 8.91. The van der Waals surface area contributed by atoms with Gasteiger partial charge in [0, 0.05) is 6.61 Å². The molecule has 0 heterocycles. The first kappa shape index (κ1) is 10.9. The number of aliphatic hydroxyl groups excluding tert-OH is 1. The second-order valence-electron chi connectivity index (χ2n) is 3.92. The Morgan fingerprint density at radius 3 is 2.27 bits per heavy atom. The van der Waals surface area contributed by atoms with E-state index in [4.69, 9.17) is 5.11 Å². The predicted molar refractivity (Wildman–Crippen MR) is 46.4 cm³/mol. The fourth-order valence-electron chi connectivity index (χ4n) is 1.44. The lowest BCUT2D eigenvalue weighted by molar-refractivity contribution is 0.0237. The van der Waals surface area contributed by atoms with Gasteiger partial charge in [0.15, 0.2) is 0 Å². The van der Waals surface area contributed by atoms with Crippen molar-refractivity contribution in [2.75, 3.05) is 6.61 Å². The van der Waals surface area contributed by atoms with Gasteiger partial charge in [0.1, 0.15) is 0 Å². The van der Waals surface area contributed by atoms with Crippen molar-refractivity contribution in [2.45, 2.75) is 45.6 Å². The Labute approximate surface area is 69.2 Å². The van der Waals surface area contributed by atoms with E-state index in [1.807, 2.05) is 6.92 Å². The van der Waals surface area contributed by atoms with E-state index in [1.54, 1.807) is 0 Å². The van der Waals surface area contributed by atoms with Crippen LogP contribution in [0.5, 0.6) is 0 Å². The summed E-state index contributed by atoms with van der Waals surface area (Å²) in [6.07, 6.45) is 2.20. The molecule has 2 heteroatoms. The molecule has 0 aromatic rings. The second kappa shape index (κ2) is 4.73. The fraction of sp³-hybridized carbons (Fsp3) is 1.00. The first-order valence-electron chi connectivity index (χ1n) is 4.31. The highest BCUT2D eigenvalue weighted by atomic mass is 16.3. The molecule has 11 heavy (non-hydrogen) atoms. The minimum absolute atomic E-state index is 0.175. The Morgan fingerprint density at radius 1 is 1.36 bits per heavy atom. The normalized spacial score (nSPS) is 16.9. The molecule has 0 aliphatic heterocycles. The summed E-state index contributed by atoms with van der Waals surface area (Å²) >= 11 is 0.